The number of benzene rings is 1. The number of amidine groups is 1. The van der Waals surface area contributed by atoms with E-state index in [0.717, 1.165) is 24.2 Å². The van der Waals surface area contributed by atoms with Gasteiger partial charge in [-0.25, -0.2) is 0 Å². The fourth-order valence-corrected chi connectivity index (χ4v) is 2.16. The summed E-state index contributed by atoms with van der Waals surface area (Å²) in [7, 11) is 0. The molecule has 0 atom stereocenters. The van der Waals surface area contributed by atoms with Crippen molar-refractivity contribution in [1.29, 1.82) is 5.41 Å². The number of nitrogens with zero attached hydrogens (tertiary/aromatic N) is 3. The summed E-state index contributed by atoms with van der Waals surface area (Å²) in [6.07, 6.45) is 1.63. The van der Waals surface area contributed by atoms with E-state index in [0.29, 0.717) is 17.2 Å². The van der Waals surface area contributed by atoms with Gasteiger partial charge in [0.2, 0.25) is 0 Å². The second-order valence-electron chi connectivity index (χ2n) is 4.40. The molecule has 0 aliphatic heterocycles. The zero-order valence-corrected chi connectivity index (χ0v) is 11.8. The Labute approximate surface area is 119 Å². The molecule has 5 nitrogen and oxygen atoms in total. The highest BCUT2D eigenvalue weighted by Crippen LogP contribution is 2.27. The van der Waals surface area contributed by atoms with E-state index in [1.54, 1.807) is 6.20 Å². The molecular formula is C15H19N5. The van der Waals surface area contributed by atoms with Crippen molar-refractivity contribution in [2.45, 2.75) is 13.8 Å². The van der Waals surface area contributed by atoms with Gasteiger partial charge in [-0.3, -0.25) is 5.41 Å². The summed E-state index contributed by atoms with van der Waals surface area (Å²) >= 11 is 0. The summed E-state index contributed by atoms with van der Waals surface area (Å²) in [5.74, 6) is 0.376. The summed E-state index contributed by atoms with van der Waals surface area (Å²) in [4.78, 5) is 1.94. The van der Waals surface area contributed by atoms with Gasteiger partial charge in [-0.2, -0.15) is 5.10 Å². The molecule has 0 bridgehead atoms. The molecule has 0 spiro atoms. The number of nitrogens with two attached hydrogens (primary N) is 1. The Morgan fingerprint density at radius 2 is 1.85 bits per heavy atom. The normalized spacial score (nSPS) is 10.3. The lowest BCUT2D eigenvalue weighted by atomic mass is 10.0. The maximum atomic E-state index is 8.33. The molecule has 5 heteroatoms. The minimum absolute atomic E-state index is 0.376. The lowest BCUT2D eigenvalue weighted by molar-refractivity contribution is 0.462. The van der Waals surface area contributed by atoms with Gasteiger partial charge in [0.1, 0.15) is 11.5 Å². The summed E-state index contributed by atoms with van der Waals surface area (Å²) in [6.45, 7) is 5.56. The van der Waals surface area contributed by atoms with Crippen LogP contribution in [-0.4, -0.2) is 34.0 Å². The molecule has 0 radical (unpaired) electrons. The quantitative estimate of drug-likeness (QED) is 0.507. The highest BCUT2D eigenvalue weighted by atomic mass is 15.2. The Hall–Kier alpha value is -2.43. The van der Waals surface area contributed by atoms with Crippen molar-refractivity contribution in [3.8, 4) is 11.1 Å². The molecule has 3 N–H and O–H groups in total. The maximum Gasteiger partial charge on any atom is 0.149 e. The average Bonchev–Trinajstić information content (AvgIpc) is 2.49. The Morgan fingerprint density at radius 1 is 1.15 bits per heavy atom. The molecule has 0 amide bonds. The smallest absolute Gasteiger partial charge is 0.149 e. The molecular weight excluding hydrogens is 250 g/mol. The van der Waals surface area contributed by atoms with Crippen molar-refractivity contribution in [2.75, 3.05) is 18.8 Å². The summed E-state index contributed by atoms with van der Waals surface area (Å²) < 4.78 is 0. The van der Waals surface area contributed by atoms with Crippen molar-refractivity contribution in [1.82, 2.24) is 15.1 Å². The first-order valence-electron chi connectivity index (χ1n) is 6.69. The van der Waals surface area contributed by atoms with E-state index in [1.807, 2.05) is 49.1 Å². The monoisotopic (exact) mass is 269 g/mol. The second-order valence-corrected chi connectivity index (χ2v) is 4.40. The molecule has 1 aromatic carbocycles. The van der Waals surface area contributed by atoms with Crippen LogP contribution >= 0.6 is 0 Å². The summed E-state index contributed by atoms with van der Waals surface area (Å²) in [5, 5.41) is 16.4. The van der Waals surface area contributed by atoms with Gasteiger partial charge >= 0.3 is 0 Å². The van der Waals surface area contributed by atoms with Crippen molar-refractivity contribution < 1.29 is 0 Å². The van der Waals surface area contributed by atoms with Crippen molar-refractivity contribution in [3.05, 3.63) is 42.2 Å². The Kier molecular flexibility index (Phi) is 4.30. The van der Waals surface area contributed by atoms with Crippen molar-refractivity contribution >= 4 is 11.5 Å². The van der Waals surface area contributed by atoms with Crippen LogP contribution in [0.1, 0.15) is 19.5 Å². The first-order valence-corrected chi connectivity index (χ1v) is 6.69. The van der Waals surface area contributed by atoms with E-state index in [2.05, 4.69) is 10.2 Å². The van der Waals surface area contributed by atoms with Crippen molar-refractivity contribution in [3.63, 3.8) is 0 Å². The van der Waals surface area contributed by atoms with E-state index < -0.39 is 0 Å². The summed E-state index contributed by atoms with van der Waals surface area (Å²) in [5.41, 5.74) is 9.00. The number of para-hydroxylation sites is 1. The van der Waals surface area contributed by atoms with E-state index in [9.17, 15) is 0 Å². The second kappa shape index (κ2) is 6.14. The molecule has 0 saturated carbocycles. The Morgan fingerprint density at radius 3 is 2.50 bits per heavy atom. The molecule has 20 heavy (non-hydrogen) atoms. The van der Waals surface area contributed by atoms with Gasteiger partial charge in [-0.05, 0) is 26.0 Å². The largest absolute Gasteiger partial charge is 0.398 e. The average molecular weight is 269 g/mol. The van der Waals surface area contributed by atoms with Gasteiger partial charge in [-0.15, -0.1) is 5.10 Å². The molecule has 0 aliphatic rings. The van der Waals surface area contributed by atoms with Crippen LogP contribution < -0.4 is 5.73 Å². The topological polar surface area (TPSA) is 78.9 Å². The molecule has 2 rings (SSSR count). The molecule has 0 saturated heterocycles. The number of rotatable bonds is 4. The minimum atomic E-state index is 0.376. The Balaban J connectivity index is 2.52. The fourth-order valence-electron chi connectivity index (χ4n) is 2.16. The summed E-state index contributed by atoms with van der Waals surface area (Å²) in [6, 6.07) is 9.46. The van der Waals surface area contributed by atoms with E-state index >= 15 is 0 Å². The Bertz CT molecular complexity index is 605. The van der Waals surface area contributed by atoms with Crippen molar-refractivity contribution in [2.24, 2.45) is 0 Å². The number of anilines is 1. The van der Waals surface area contributed by atoms with Crippen LogP contribution in [0.3, 0.4) is 0 Å². The lowest BCUT2D eigenvalue weighted by Gasteiger charge is -2.22. The van der Waals surface area contributed by atoms with Crippen LogP contribution in [-0.2, 0) is 0 Å². The van der Waals surface area contributed by atoms with Gasteiger partial charge in [-0.1, -0.05) is 18.2 Å². The first-order chi connectivity index (χ1) is 9.69. The number of nitrogen functional groups attached to an aromatic ring is 1. The van der Waals surface area contributed by atoms with Crippen LogP contribution in [0.4, 0.5) is 5.69 Å². The number of hydrogen-bond donors (Lipinski definition) is 2. The van der Waals surface area contributed by atoms with Crippen LogP contribution in [0.25, 0.3) is 11.1 Å². The number of nitrogens with one attached hydrogen (secondary N) is 1. The van der Waals surface area contributed by atoms with E-state index in [4.69, 9.17) is 11.1 Å². The zero-order chi connectivity index (χ0) is 14.5. The van der Waals surface area contributed by atoms with Gasteiger partial charge in [0.15, 0.2) is 0 Å². The molecule has 1 aromatic heterocycles. The van der Waals surface area contributed by atoms with Crippen LogP contribution in [0.15, 0.2) is 36.5 Å². The highest BCUT2D eigenvalue weighted by Gasteiger charge is 2.17. The SMILES string of the molecule is CCN(CC)C(=N)c1nnccc1-c1ccccc1N. The van der Waals surface area contributed by atoms with Crippen LogP contribution in [0, 0.1) is 5.41 Å². The number of hydrogen-bond acceptors (Lipinski definition) is 4. The van der Waals surface area contributed by atoms with Gasteiger partial charge in [0, 0.05) is 29.9 Å². The van der Waals surface area contributed by atoms with Crippen LogP contribution in [0.5, 0.6) is 0 Å². The van der Waals surface area contributed by atoms with E-state index in [1.165, 1.54) is 0 Å². The van der Waals surface area contributed by atoms with Gasteiger partial charge < -0.3 is 10.6 Å². The third-order valence-electron chi connectivity index (χ3n) is 3.28. The molecule has 1 heterocycles. The highest BCUT2D eigenvalue weighted by molar-refractivity contribution is 6.01. The molecule has 2 aromatic rings. The zero-order valence-electron chi connectivity index (χ0n) is 11.8. The van der Waals surface area contributed by atoms with Crippen LogP contribution in [0.2, 0.25) is 0 Å². The first kappa shape index (κ1) is 14.0. The fraction of sp³-hybridized carbons (Fsp3) is 0.267. The van der Waals surface area contributed by atoms with Gasteiger partial charge in [0.05, 0.1) is 6.20 Å². The predicted molar refractivity (Wildman–Crippen MR) is 81.6 cm³/mol. The maximum absolute atomic E-state index is 8.33. The number of aromatic nitrogens is 2. The molecule has 104 valence electrons. The molecule has 0 unspecified atom stereocenters. The third kappa shape index (κ3) is 2.61. The minimum Gasteiger partial charge on any atom is -0.398 e. The van der Waals surface area contributed by atoms with E-state index in [-0.39, 0.29) is 0 Å². The molecule has 0 fully saturated rings. The van der Waals surface area contributed by atoms with Gasteiger partial charge in [0.25, 0.3) is 0 Å². The standard InChI is InChI=1S/C15H19N5/c1-3-20(4-2)15(17)14-12(9-10-18-19-14)11-7-5-6-8-13(11)16/h5-10,17H,3-4,16H2,1-2H3. The third-order valence-corrected chi connectivity index (χ3v) is 3.28. The molecule has 0 aliphatic carbocycles. The predicted octanol–water partition coefficient (Wildman–Crippen LogP) is 2.39. The lowest BCUT2D eigenvalue weighted by Crippen LogP contribution is -2.31.